The lowest BCUT2D eigenvalue weighted by atomic mass is 9.97. The summed E-state index contributed by atoms with van der Waals surface area (Å²) in [5.74, 6) is 1.49. The summed E-state index contributed by atoms with van der Waals surface area (Å²) in [6.45, 7) is 7.73. The minimum absolute atomic E-state index is 0.113. The normalized spacial score (nSPS) is 17.5. The van der Waals surface area contributed by atoms with Crippen molar-refractivity contribution in [3.05, 3.63) is 24.4 Å². The van der Waals surface area contributed by atoms with Crippen LogP contribution >= 0.6 is 0 Å². The van der Waals surface area contributed by atoms with Gasteiger partial charge in [-0.3, -0.25) is 5.32 Å². The van der Waals surface area contributed by atoms with E-state index in [9.17, 15) is 0 Å². The number of fused-ring (bicyclic) bond motifs is 1. The van der Waals surface area contributed by atoms with E-state index in [-0.39, 0.29) is 6.17 Å². The minimum atomic E-state index is 0.113. The summed E-state index contributed by atoms with van der Waals surface area (Å²) in [6.07, 6.45) is 13.7. The van der Waals surface area contributed by atoms with Gasteiger partial charge in [-0.15, -0.1) is 0 Å². The van der Waals surface area contributed by atoms with Crippen molar-refractivity contribution in [3.8, 4) is 0 Å². The van der Waals surface area contributed by atoms with Gasteiger partial charge in [-0.2, -0.15) is 5.10 Å². The Morgan fingerprint density at radius 1 is 1.18 bits per heavy atom. The zero-order chi connectivity index (χ0) is 15.8. The van der Waals surface area contributed by atoms with Crippen molar-refractivity contribution < 1.29 is 0 Å². The van der Waals surface area contributed by atoms with Crippen molar-refractivity contribution in [1.29, 1.82) is 0 Å². The third-order valence-electron chi connectivity index (χ3n) is 4.39. The molecule has 0 radical (unpaired) electrons. The fourth-order valence-electron chi connectivity index (χ4n) is 2.94. The first-order valence-electron chi connectivity index (χ1n) is 8.83. The lowest BCUT2D eigenvalue weighted by molar-refractivity contribution is 0.436. The SMILES string of the molecule is CCCCCCNC1C=CC(C(CC)CC)=Nc2ccnn21. The summed E-state index contributed by atoms with van der Waals surface area (Å²) in [5, 5.41) is 8.05. The maximum atomic E-state index is 4.84. The molecule has 0 bridgehead atoms. The van der Waals surface area contributed by atoms with Crippen LogP contribution in [0.2, 0.25) is 0 Å². The zero-order valence-corrected chi connectivity index (χ0v) is 14.3. The monoisotopic (exact) mass is 302 g/mol. The van der Waals surface area contributed by atoms with E-state index in [1.807, 2.05) is 16.9 Å². The first-order chi connectivity index (χ1) is 10.8. The molecule has 2 rings (SSSR count). The topological polar surface area (TPSA) is 42.2 Å². The van der Waals surface area contributed by atoms with Gasteiger partial charge in [0.05, 0.1) is 6.20 Å². The van der Waals surface area contributed by atoms with Gasteiger partial charge < -0.3 is 0 Å². The number of rotatable bonds is 9. The molecule has 22 heavy (non-hydrogen) atoms. The lowest BCUT2D eigenvalue weighted by Gasteiger charge is -2.15. The average molecular weight is 302 g/mol. The van der Waals surface area contributed by atoms with Crippen LogP contribution in [-0.4, -0.2) is 22.0 Å². The van der Waals surface area contributed by atoms with Crippen LogP contribution in [0.5, 0.6) is 0 Å². The highest BCUT2D eigenvalue weighted by molar-refractivity contribution is 5.98. The molecular formula is C18H30N4. The van der Waals surface area contributed by atoms with Crippen LogP contribution in [0.1, 0.15) is 65.5 Å². The maximum absolute atomic E-state index is 4.84. The van der Waals surface area contributed by atoms with E-state index < -0.39 is 0 Å². The molecule has 4 nitrogen and oxygen atoms in total. The molecule has 1 aromatic rings. The van der Waals surface area contributed by atoms with Gasteiger partial charge in [-0.05, 0) is 38.0 Å². The van der Waals surface area contributed by atoms with E-state index in [2.05, 4.69) is 43.3 Å². The number of aromatic nitrogens is 2. The van der Waals surface area contributed by atoms with Crippen LogP contribution < -0.4 is 5.32 Å². The Kier molecular flexibility index (Phi) is 6.84. The second kappa shape index (κ2) is 8.89. The molecule has 0 amide bonds. The minimum Gasteiger partial charge on any atom is -0.292 e. The molecule has 1 N–H and O–H groups in total. The summed E-state index contributed by atoms with van der Waals surface area (Å²) in [4.78, 5) is 4.84. The highest BCUT2D eigenvalue weighted by Gasteiger charge is 2.18. The second-order valence-electron chi connectivity index (χ2n) is 6.00. The first kappa shape index (κ1) is 16.9. The predicted octanol–water partition coefficient (Wildman–Crippen LogP) is 4.63. The van der Waals surface area contributed by atoms with E-state index in [1.165, 1.54) is 31.4 Å². The molecule has 4 heteroatoms. The van der Waals surface area contributed by atoms with E-state index in [1.54, 1.807) is 0 Å². The molecule has 1 atom stereocenters. The summed E-state index contributed by atoms with van der Waals surface area (Å²) < 4.78 is 1.99. The number of nitrogens with zero attached hydrogens (tertiary/aromatic N) is 3. The molecule has 1 aliphatic rings. The lowest BCUT2D eigenvalue weighted by Crippen LogP contribution is -2.26. The van der Waals surface area contributed by atoms with Crippen molar-refractivity contribution >= 4 is 11.5 Å². The number of aliphatic imine (C=N–C) groups is 1. The van der Waals surface area contributed by atoms with Crippen molar-refractivity contribution in [1.82, 2.24) is 15.1 Å². The van der Waals surface area contributed by atoms with Crippen LogP contribution in [0.4, 0.5) is 5.82 Å². The molecule has 1 aliphatic heterocycles. The van der Waals surface area contributed by atoms with Gasteiger partial charge in [0.2, 0.25) is 0 Å². The van der Waals surface area contributed by atoms with E-state index in [0.29, 0.717) is 5.92 Å². The van der Waals surface area contributed by atoms with Crippen molar-refractivity contribution in [2.75, 3.05) is 6.54 Å². The summed E-state index contributed by atoms with van der Waals surface area (Å²) in [5.41, 5.74) is 1.18. The molecule has 0 fully saturated rings. The Labute approximate surface area is 134 Å². The standard InChI is InChI=1S/C18H30N4/c1-4-7-8-9-13-19-17-11-10-16(15(5-2)6-3)21-18-12-14-20-22(17)18/h10-12,14-15,17,19H,4-9,13H2,1-3H3. The molecule has 0 saturated heterocycles. The fraction of sp³-hybridized carbons (Fsp3) is 0.667. The summed E-state index contributed by atoms with van der Waals surface area (Å²) >= 11 is 0. The average Bonchev–Trinajstić information content (AvgIpc) is 2.92. The third-order valence-corrected chi connectivity index (χ3v) is 4.39. The molecule has 1 aromatic heterocycles. The summed E-state index contributed by atoms with van der Waals surface area (Å²) in [7, 11) is 0. The molecule has 0 spiro atoms. The predicted molar refractivity (Wildman–Crippen MR) is 93.7 cm³/mol. The van der Waals surface area contributed by atoms with E-state index >= 15 is 0 Å². The third kappa shape index (κ3) is 4.29. The number of hydrogen-bond acceptors (Lipinski definition) is 3. The fourth-order valence-corrected chi connectivity index (χ4v) is 2.94. The van der Waals surface area contributed by atoms with Gasteiger partial charge in [0.15, 0.2) is 5.82 Å². The Bertz CT molecular complexity index is 497. The van der Waals surface area contributed by atoms with Crippen LogP contribution in [0.3, 0.4) is 0 Å². The Hall–Kier alpha value is -1.42. The highest BCUT2D eigenvalue weighted by atomic mass is 15.4. The zero-order valence-electron chi connectivity index (χ0n) is 14.3. The van der Waals surface area contributed by atoms with Gasteiger partial charge >= 0.3 is 0 Å². The summed E-state index contributed by atoms with van der Waals surface area (Å²) in [6, 6.07) is 2.00. The van der Waals surface area contributed by atoms with Gasteiger partial charge in [0.1, 0.15) is 6.17 Å². The van der Waals surface area contributed by atoms with Gasteiger partial charge in [0, 0.05) is 17.7 Å². The molecule has 0 aliphatic carbocycles. The molecule has 0 aromatic carbocycles. The quantitative estimate of drug-likeness (QED) is 0.676. The highest BCUT2D eigenvalue weighted by Crippen LogP contribution is 2.24. The van der Waals surface area contributed by atoms with Gasteiger partial charge in [0.25, 0.3) is 0 Å². The smallest absolute Gasteiger partial charge is 0.152 e. The molecule has 2 heterocycles. The maximum Gasteiger partial charge on any atom is 0.152 e. The Balaban J connectivity index is 2.05. The van der Waals surface area contributed by atoms with E-state index in [0.717, 1.165) is 25.2 Å². The van der Waals surface area contributed by atoms with Crippen molar-refractivity contribution in [2.45, 2.75) is 65.5 Å². The van der Waals surface area contributed by atoms with Crippen LogP contribution in [0, 0.1) is 5.92 Å². The van der Waals surface area contributed by atoms with Crippen LogP contribution in [0.15, 0.2) is 29.4 Å². The van der Waals surface area contributed by atoms with Gasteiger partial charge in [-0.25, -0.2) is 9.67 Å². The number of nitrogens with one attached hydrogen (secondary N) is 1. The van der Waals surface area contributed by atoms with Crippen molar-refractivity contribution in [2.24, 2.45) is 10.9 Å². The molecule has 0 saturated carbocycles. The van der Waals surface area contributed by atoms with Crippen molar-refractivity contribution in [3.63, 3.8) is 0 Å². The number of hydrogen-bond donors (Lipinski definition) is 1. The van der Waals surface area contributed by atoms with Crippen LogP contribution in [-0.2, 0) is 0 Å². The largest absolute Gasteiger partial charge is 0.292 e. The second-order valence-corrected chi connectivity index (χ2v) is 6.00. The molecule has 122 valence electrons. The first-order valence-corrected chi connectivity index (χ1v) is 8.83. The van der Waals surface area contributed by atoms with Crippen LogP contribution in [0.25, 0.3) is 0 Å². The Morgan fingerprint density at radius 3 is 2.73 bits per heavy atom. The number of allylic oxidation sites excluding steroid dienone is 1. The number of unbranched alkanes of at least 4 members (excludes halogenated alkanes) is 3. The Morgan fingerprint density at radius 2 is 2.00 bits per heavy atom. The van der Waals surface area contributed by atoms with Gasteiger partial charge in [-0.1, -0.05) is 40.0 Å². The molecular weight excluding hydrogens is 272 g/mol. The van der Waals surface area contributed by atoms with E-state index in [4.69, 9.17) is 4.99 Å². The molecule has 1 unspecified atom stereocenters.